The van der Waals surface area contributed by atoms with Crippen LogP contribution in [0.4, 0.5) is 5.69 Å². The SMILES string of the molecule is CON(c1ccccc1)C(C)(C(C)=O)C(=O)O. The van der Waals surface area contributed by atoms with Gasteiger partial charge in [-0.3, -0.25) is 9.63 Å². The van der Waals surface area contributed by atoms with Gasteiger partial charge in [0.15, 0.2) is 5.78 Å². The van der Waals surface area contributed by atoms with Crippen molar-refractivity contribution < 1.29 is 19.5 Å². The predicted octanol–water partition coefficient (Wildman–Crippen LogP) is 1.49. The first-order chi connectivity index (χ1) is 7.94. The summed E-state index contributed by atoms with van der Waals surface area (Å²) in [6.45, 7) is 2.54. The molecule has 1 rings (SSSR count). The van der Waals surface area contributed by atoms with Gasteiger partial charge in [0, 0.05) is 0 Å². The molecule has 0 fully saturated rings. The van der Waals surface area contributed by atoms with Gasteiger partial charge < -0.3 is 5.11 Å². The number of carbonyl (C=O) groups excluding carboxylic acids is 1. The number of aliphatic carboxylic acids is 1. The Labute approximate surface area is 99.6 Å². The lowest BCUT2D eigenvalue weighted by Crippen LogP contribution is -2.57. The van der Waals surface area contributed by atoms with Crippen LogP contribution >= 0.6 is 0 Å². The highest BCUT2D eigenvalue weighted by Gasteiger charge is 2.45. The summed E-state index contributed by atoms with van der Waals surface area (Å²) in [5.74, 6) is -1.76. The fourth-order valence-electron chi connectivity index (χ4n) is 1.49. The topological polar surface area (TPSA) is 66.8 Å². The summed E-state index contributed by atoms with van der Waals surface area (Å²) in [6, 6.07) is 8.62. The smallest absolute Gasteiger partial charge is 0.339 e. The molecule has 1 unspecified atom stereocenters. The van der Waals surface area contributed by atoms with E-state index in [1.165, 1.54) is 21.0 Å². The zero-order chi connectivity index (χ0) is 13.1. The molecule has 0 heterocycles. The van der Waals surface area contributed by atoms with Gasteiger partial charge >= 0.3 is 5.97 Å². The molecular formula is C12H15NO4. The van der Waals surface area contributed by atoms with Gasteiger partial charge in [-0.25, -0.2) is 9.86 Å². The van der Waals surface area contributed by atoms with Gasteiger partial charge in [-0.15, -0.1) is 0 Å². The number of anilines is 1. The Bertz CT molecular complexity index is 402. The highest BCUT2D eigenvalue weighted by Crippen LogP contribution is 2.25. The number of Topliss-reactive ketones (excluding diaryl/α,β-unsaturated/α-hetero) is 1. The summed E-state index contributed by atoms with van der Waals surface area (Å²) in [4.78, 5) is 27.9. The third kappa shape index (κ3) is 2.29. The molecule has 0 aliphatic carbocycles. The minimum Gasteiger partial charge on any atom is -0.479 e. The van der Waals surface area contributed by atoms with Crippen LogP contribution in [0.1, 0.15) is 13.8 Å². The number of hydrogen-bond acceptors (Lipinski definition) is 4. The van der Waals surface area contributed by atoms with E-state index in [2.05, 4.69) is 0 Å². The number of rotatable bonds is 5. The highest BCUT2D eigenvalue weighted by atomic mass is 16.7. The van der Waals surface area contributed by atoms with E-state index in [0.29, 0.717) is 5.69 Å². The Morgan fingerprint density at radius 2 is 1.82 bits per heavy atom. The van der Waals surface area contributed by atoms with E-state index in [1.54, 1.807) is 30.3 Å². The average molecular weight is 237 g/mol. The third-order valence-corrected chi connectivity index (χ3v) is 2.68. The summed E-state index contributed by atoms with van der Waals surface area (Å²) in [5, 5.41) is 10.3. The molecule has 1 atom stereocenters. The van der Waals surface area contributed by atoms with Crippen molar-refractivity contribution >= 4 is 17.4 Å². The van der Waals surface area contributed by atoms with Gasteiger partial charge in [0.05, 0.1) is 12.8 Å². The van der Waals surface area contributed by atoms with Crippen LogP contribution in [0.2, 0.25) is 0 Å². The fourth-order valence-corrected chi connectivity index (χ4v) is 1.49. The van der Waals surface area contributed by atoms with Crippen LogP contribution < -0.4 is 5.06 Å². The first-order valence-corrected chi connectivity index (χ1v) is 5.08. The summed E-state index contributed by atoms with van der Waals surface area (Å²) in [5.41, 5.74) is -1.23. The molecule has 0 aliphatic heterocycles. The molecule has 0 spiro atoms. The van der Waals surface area contributed by atoms with Gasteiger partial charge in [-0.2, -0.15) is 0 Å². The molecule has 0 radical (unpaired) electrons. The lowest BCUT2D eigenvalue weighted by molar-refractivity contribution is -0.150. The molecule has 5 heteroatoms. The quantitative estimate of drug-likeness (QED) is 0.620. The Hall–Kier alpha value is -1.88. The van der Waals surface area contributed by atoms with Gasteiger partial charge in [0.2, 0.25) is 5.54 Å². The molecular weight excluding hydrogens is 222 g/mol. The van der Waals surface area contributed by atoms with Crippen molar-refractivity contribution in [3.8, 4) is 0 Å². The van der Waals surface area contributed by atoms with Crippen molar-refractivity contribution in [3.05, 3.63) is 30.3 Å². The van der Waals surface area contributed by atoms with E-state index < -0.39 is 17.3 Å². The molecule has 0 saturated heterocycles. The van der Waals surface area contributed by atoms with E-state index in [9.17, 15) is 14.7 Å². The summed E-state index contributed by atoms with van der Waals surface area (Å²) >= 11 is 0. The van der Waals surface area contributed by atoms with Crippen LogP contribution in [-0.4, -0.2) is 29.5 Å². The number of hydrogen-bond donors (Lipinski definition) is 1. The zero-order valence-electron chi connectivity index (χ0n) is 10.0. The summed E-state index contributed by atoms with van der Waals surface area (Å²) < 4.78 is 0. The molecule has 0 bridgehead atoms. The molecule has 5 nitrogen and oxygen atoms in total. The number of carboxylic acids is 1. The van der Waals surface area contributed by atoms with Crippen molar-refractivity contribution in [2.24, 2.45) is 0 Å². The lowest BCUT2D eigenvalue weighted by atomic mass is 9.96. The van der Waals surface area contributed by atoms with Crippen molar-refractivity contribution in [1.29, 1.82) is 0 Å². The number of ketones is 1. The second-order valence-corrected chi connectivity index (χ2v) is 3.75. The number of carboxylic acid groups (broad SMARTS) is 1. The normalized spacial score (nSPS) is 13.8. The molecule has 1 aromatic carbocycles. The Morgan fingerprint density at radius 1 is 1.29 bits per heavy atom. The molecule has 0 aliphatic rings. The van der Waals surface area contributed by atoms with Gasteiger partial charge in [0.1, 0.15) is 0 Å². The molecule has 0 aromatic heterocycles. The maximum Gasteiger partial charge on any atom is 0.339 e. The van der Waals surface area contributed by atoms with Crippen LogP contribution in [0.25, 0.3) is 0 Å². The standard InChI is InChI=1S/C12H15NO4/c1-9(14)12(2,11(15)16)13(17-3)10-7-5-4-6-8-10/h4-8H,1-3H3,(H,15,16). The molecule has 0 saturated carbocycles. The largest absolute Gasteiger partial charge is 0.479 e. The molecule has 92 valence electrons. The monoisotopic (exact) mass is 237 g/mol. The van der Waals surface area contributed by atoms with Crippen molar-refractivity contribution in [2.75, 3.05) is 12.2 Å². The Balaban J connectivity index is 3.25. The summed E-state index contributed by atoms with van der Waals surface area (Å²) in [7, 11) is 1.33. The number of carbonyl (C=O) groups is 2. The van der Waals surface area contributed by atoms with Crippen molar-refractivity contribution in [1.82, 2.24) is 0 Å². The number of nitrogens with zero attached hydrogens (tertiary/aromatic N) is 1. The fraction of sp³-hybridized carbons (Fsp3) is 0.333. The second kappa shape index (κ2) is 4.97. The van der Waals surface area contributed by atoms with Crippen LogP contribution in [0.15, 0.2) is 30.3 Å². The molecule has 17 heavy (non-hydrogen) atoms. The van der Waals surface area contributed by atoms with Crippen molar-refractivity contribution in [3.63, 3.8) is 0 Å². The third-order valence-electron chi connectivity index (χ3n) is 2.68. The van der Waals surface area contributed by atoms with Crippen LogP contribution in [0.3, 0.4) is 0 Å². The van der Waals surface area contributed by atoms with E-state index in [1.807, 2.05) is 0 Å². The van der Waals surface area contributed by atoms with Crippen LogP contribution in [0.5, 0.6) is 0 Å². The minimum absolute atomic E-state index is 0.504. The Morgan fingerprint density at radius 3 is 2.18 bits per heavy atom. The van der Waals surface area contributed by atoms with E-state index in [-0.39, 0.29) is 0 Å². The first-order valence-electron chi connectivity index (χ1n) is 5.08. The molecule has 0 amide bonds. The van der Waals surface area contributed by atoms with Crippen molar-refractivity contribution in [2.45, 2.75) is 19.4 Å². The molecule has 1 N–H and O–H groups in total. The summed E-state index contributed by atoms with van der Waals surface area (Å²) in [6.07, 6.45) is 0. The van der Waals surface area contributed by atoms with Crippen LogP contribution in [0, 0.1) is 0 Å². The highest BCUT2D eigenvalue weighted by molar-refractivity contribution is 6.09. The van der Waals surface area contributed by atoms with Gasteiger partial charge in [-0.1, -0.05) is 18.2 Å². The van der Waals surface area contributed by atoms with E-state index >= 15 is 0 Å². The lowest BCUT2D eigenvalue weighted by Gasteiger charge is -2.35. The van der Waals surface area contributed by atoms with E-state index in [0.717, 1.165) is 5.06 Å². The number of benzene rings is 1. The Kier molecular flexibility index (Phi) is 3.85. The first kappa shape index (κ1) is 13.2. The number of hydroxylamine groups is 1. The second-order valence-electron chi connectivity index (χ2n) is 3.75. The average Bonchev–Trinajstić information content (AvgIpc) is 2.30. The van der Waals surface area contributed by atoms with E-state index in [4.69, 9.17) is 4.84 Å². The maximum atomic E-state index is 11.6. The maximum absolute atomic E-state index is 11.6. The van der Waals surface area contributed by atoms with Gasteiger partial charge in [-0.05, 0) is 26.0 Å². The van der Waals surface area contributed by atoms with Gasteiger partial charge in [0.25, 0.3) is 0 Å². The zero-order valence-corrected chi connectivity index (χ0v) is 10.0. The minimum atomic E-state index is -1.74. The number of para-hydroxylation sites is 1. The predicted molar refractivity (Wildman–Crippen MR) is 62.7 cm³/mol. The van der Waals surface area contributed by atoms with Crippen LogP contribution in [-0.2, 0) is 14.4 Å². The molecule has 1 aromatic rings.